The van der Waals surface area contributed by atoms with Crippen molar-refractivity contribution in [3.63, 3.8) is 0 Å². The van der Waals surface area contributed by atoms with Crippen LogP contribution in [0.4, 0.5) is 0 Å². The first kappa shape index (κ1) is 25.5. The highest BCUT2D eigenvalue weighted by Crippen LogP contribution is 2.05. The largest absolute Gasteiger partial charge is 0.478 e. The molecule has 2 rings (SSSR count). The Kier molecular flexibility index (Phi) is 10.3. The van der Waals surface area contributed by atoms with Gasteiger partial charge >= 0.3 is 29.8 Å². The van der Waals surface area contributed by atoms with Crippen molar-refractivity contribution >= 4 is 29.8 Å². The molecule has 10 heteroatoms. The zero-order valence-corrected chi connectivity index (χ0v) is 15.6. The van der Waals surface area contributed by atoms with Crippen LogP contribution < -0.4 is 0 Å². The van der Waals surface area contributed by atoms with Crippen molar-refractivity contribution < 1.29 is 49.5 Å². The molecule has 0 aliphatic rings. The summed E-state index contributed by atoms with van der Waals surface area (Å²) in [5, 5.41) is 41.8. The van der Waals surface area contributed by atoms with Crippen molar-refractivity contribution in [3.8, 4) is 0 Å². The molecular formula is C20H18O10. The summed E-state index contributed by atoms with van der Waals surface area (Å²) >= 11 is 0. The number of hydrogen-bond donors (Lipinski definition) is 5. The fourth-order valence-corrected chi connectivity index (χ4v) is 1.54. The molecule has 0 saturated carbocycles. The van der Waals surface area contributed by atoms with Crippen LogP contribution >= 0.6 is 0 Å². The van der Waals surface area contributed by atoms with Crippen LogP contribution in [0.3, 0.4) is 0 Å². The molecule has 5 N–H and O–H groups in total. The maximum atomic E-state index is 10.4. The third kappa shape index (κ3) is 9.46. The molecule has 2 aromatic carbocycles. The summed E-state index contributed by atoms with van der Waals surface area (Å²) in [6.07, 6.45) is 0. The van der Waals surface area contributed by atoms with Crippen LogP contribution in [0.25, 0.3) is 0 Å². The molecule has 0 aromatic heterocycles. The fraction of sp³-hybridized carbons (Fsp3) is 0.0500. The summed E-state index contributed by atoms with van der Waals surface area (Å²) in [5.74, 6) is -5.31. The zero-order valence-electron chi connectivity index (χ0n) is 15.6. The summed E-state index contributed by atoms with van der Waals surface area (Å²) in [7, 11) is 0. The van der Waals surface area contributed by atoms with Crippen molar-refractivity contribution in [2.45, 2.75) is 6.92 Å². The third-order valence-corrected chi connectivity index (χ3v) is 3.10. The predicted molar refractivity (Wildman–Crippen MR) is 103 cm³/mol. The van der Waals surface area contributed by atoms with Crippen LogP contribution in [0.15, 0.2) is 60.7 Å². The Morgan fingerprint density at radius 3 is 1.07 bits per heavy atom. The van der Waals surface area contributed by atoms with E-state index in [-0.39, 0.29) is 27.8 Å². The molecule has 2 aromatic rings. The average Bonchev–Trinajstić information content (AvgIpc) is 2.69. The van der Waals surface area contributed by atoms with E-state index in [0.29, 0.717) is 0 Å². The lowest BCUT2D eigenvalue weighted by atomic mass is 10.1. The first-order valence-electron chi connectivity index (χ1n) is 7.88. The lowest BCUT2D eigenvalue weighted by Gasteiger charge is -1.95. The van der Waals surface area contributed by atoms with E-state index in [1.54, 1.807) is 0 Å². The average molecular weight is 418 g/mol. The summed E-state index contributed by atoms with van der Waals surface area (Å²) in [6, 6.07) is 10.2. The van der Waals surface area contributed by atoms with Gasteiger partial charge in [0.05, 0.1) is 22.3 Å². The van der Waals surface area contributed by atoms with Crippen LogP contribution in [0, 0.1) is 0 Å². The molecule has 0 unspecified atom stereocenters. The van der Waals surface area contributed by atoms with Gasteiger partial charge in [0.2, 0.25) is 0 Å². The Bertz CT molecular complexity index is 884. The number of carboxylic acids is 5. The number of carbonyl (C=O) groups is 5. The molecule has 10 nitrogen and oxygen atoms in total. The normalized spacial score (nSPS) is 8.97. The van der Waals surface area contributed by atoms with Crippen molar-refractivity contribution in [1.82, 2.24) is 0 Å². The molecule has 0 heterocycles. The molecule has 0 fully saturated rings. The molecule has 30 heavy (non-hydrogen) atoms. The summed E-state index contributed by atoms with van der Waals surface area (Å²) < 4.78 is 0. The lowest BCUT2D eigenvalue weighted by Crippen LogP contribution is -2.01. The Morgan fingerprint density at radius 2 is 0.867 bits per heavy atom. The van der Waals surface area contributed by atoms with E-state index in [9.17, 15) is 24.0 Å². The van der Waals surface area contributed by atoms with E-state index in [1.165, 1.54) is 49.4 Å². The van der Waals surface area contributed by atoms with Gasteiger partial charge < -0.3 is 25.5 Å². The molecule has 0 atom stereocenters. The highest BCUT2D eigenvalue weighted by atomic mass is 16.4. The van der Waals surface area contributed by atoms with Gasteiger partial charge in [-0.15, -0.1) is 0 Å². The highest BCUT2D eigenvalue weighted by molar-refractivity contribution is 5.93. The van der Waals surface area contributed by atoms with Crippen LogP contribution in [0.1, 0.15) is 48.4 Å². The lowest BCUT2D eigenvalue weighted by molar-refractivity contribution is -0.132. The van der Waals surface area contributed by atoms with E-state index in [0.717, 1.165) is 6.07 Å². The number of carboxylic acid groups (broad SMARTS) is 5. The van der Waals surface area contributed by atoms with E-state index < -0.39 is 29.8 Å². The molecule has 0 aliphatic heterocycles. The first-order valence-corrected chi connectivity index (χ1v) is 7.88. The summed E-state index contributed by atoms with van der Waals surface area (Å²) in [6.45, 7) is 4.60. The second kappa shape index (κ2) is 12.1. The molecule has 0 radical (unpaired) electrons. The van der Waals surface area contributed by atoms with Gasteiger partial charge in [-0.2, -0.15) is 0 Å². The van der Waals surface area contributed by atoms with E-state index in [1.807, 2.05) is 0 Å². The number of rotatable bonds is 5. The van der Waals surface area contributed by atoms with Gasteiger partial charge in [-0.3, -0.25) is 0 Å². The summed E-state index contributed by atoms with van der Waals surface area (Å²) in [4.78, 5) is 51.0. The predicted octanol–water partition coefficient (Wildman–Crippen LogP) is 2.81. The van der Waals surface area contributed by atoms with Crippen molar-refractivity contribution in [2.24, 2.45) is 0 Å². The Morgan fingerprint density at radius 1 is 0.600 bits per heavy atom. The highest BCUT2D eigenvalue weighted by Gasteiger charge is 2.07. The van der Waals surface area contributed by atoms with Crippen LogP contribution in [-0.2, 0) is 4.79 Å². The van der Waals surface area contributed by atoms with Gasteiger partial charge in [0, 0.05) is 5.57 Å². The number of aromatic carboxylic acids is 4. The molecule has 0 amide bonds. The molecule has 0 bridgehead atoms. The minimum atomic E-state index is -1.13. The molecule has 0 saturated heterocycles. The molecule has 158 valence electrons. The van der Waals surface area contributed by atoms with Crippen LogP contribution in [0.5, 0.6) is 0 Å². The minimum absolute atomic E-state index is 0.0186. The fourth-order valence-electron chi connectivity index (χ4n) is 1.54. The molecule has 0 aliphatic carbocycles. The van der Waals surface area contributed by atoms with Crippen molar-refractivity contribution in [2.75, 3.05) is 0 Å². The minimum Gasteiger partial charge on any atom is -0.478 e. The monoisotopic (exact) mass is 418 g/mol. The molecule has 0 spiro atoms. The van der Waals surface area contributed by atoms with Gasteiger partial charge in [-0.25, -0.2) is 24.0 Å². The number of benzene rings is 2. The quantitative estimate of drug-likeness (QED) is 0.452. The van der Waals surface area contributed by atoms with Crippen LogP contribution in [-0.4, -0.2) is 55.4 Å². The smallest absolute Gasteiger partial charge is 0.335 e. The SMILES string of the molecule is C=C(C)C(=O)O.O=C(O)c1ccc(C(=O)O)cc1.O=C(O)c1cccc(C(=O)O)c1. The first-order chi connectivity index (χ1) is 13.9. The number of hydrogen-bond acceptors (Lipinski definition) is 5. The number of aliphatic carboxylic acids is 1. The van der Waals surface area contributed by atoms with E-state index in [2.05, 4.69) is 6.58 Å². The van der Waals surface area contributed by atoms with Gasteiger partial charge in [0.1, 0.15) is 0 Å². The Hall–Kier alpha value is -4.47. The van der Waals surface area contributed by atoms with Gasteiger partial charge in [-0.1, -0.05) is 12.6 Å². The second-order valence-corrected chi connectivity index (χ2v) is 5.46. The van der Waals surface area contributed by atoms with Crippen molar-refractivity contribution in [1.29, 1.82) is 0 Å². The molecular weight excluding hydrogens is 400 g/mol. The van der Waals surface area contributed by atoms with Gasteiger partial charge in [-0.05, 0) is 49.4 Å². The van der Waals surface area contributed by atoms with E-state index >= 15 is 0 Å². The maximum Gasteiger partial charge on any atom is 0.335 e. The van der Waals surface area contributed by atoms with Crippen molar-refractivity contribution in [3.05, 3.63) is 82.9 Å². The van der Waals surface area contributed by atoms with Gasteiger partial charge in [0.25, 0.3) is 0 Å². The maximum absolute atomic E-state index is 10.4. The Labute approximate surface area is 170 Å². The standard InChI is InChI=1S/2C8H6O4.C4H6O2/c9-7(10)5-1-2-6(4-3-5)8(11)12;9-7(10)5-2-1-3-6(4-5)8(11)12;1-3(2)4(5)6/h2*1-4H,(H,9,10)(H,11,12);1H2,2H3,(H,5,6). The zero-order chi connectivity index (χ0) is 23.4. The van der Waals surface area contributed by atoms with E-state index in [4.69, 9.17) is 25.5 Å². The topological polar surface area (TPSA) is 186 Å². The van der Waals surface area contributed by atoms with Gasteiger partial charge in [0.15, 0.2) is 0 Å². The Balaban J connectivity index is 0.000000447. The second-order valence-electron chi connectivity index (χ2n) is 5.46. The van der Waals surface area contributed by atoms with Crippen LogP contribution in [0.2, 0.25) is 0 Å². The summed E-state index contributed by atoms with van der Waals surface area (Å²) in [5.41, 5.74) is 0.305. The third-order valence-electron chi connectivity index (χ3n) is 3.10.